The first kappa shape index (κ1) is 22.8. The molecule has 0 spiro atoms. The molecule has 0 aromatic carbocycles. The summed E-state index contributed by atoms with van der Waals surface area (Å²) in [4.78, 5) is 0. The lowest BCUT2D eigenvalue weighted by molar-refractivity contribution is 0.0759. The van der Waals surface area contributed by atoms with Crippen molar-refractivity contribution in [2.24, 2.45) is 0 Å². The molecule has 0 bridgehead atoms. The van der Waals surface area contributed by atoms with Gasteiger partial charge in [-0.15, -0.1) is 0 Å². The molecule has 0 saturated heterocycles. The van der Waals surface area contributed by atoms with Crippen molar-refractivity contribution in [1.29, 1.82) is 0 Å². The van der Waals surface area contributed by atoms with E-state index in [1.165, 1.54) is 12.8 Å². The summed E-state index contributed by atoms with van der Waals surface area (Å²) in [7, 11) is 0. The molecule has 23 heavy (non-hydrogen) atoms. The van der Waals surface area contributed by atoms with Crippen molar-refractivity contribution in [2.75, 3.05) is 65.9 Å². The van der Waals surface area contributed by atoms with Crippen LogP contribution in [0.25, 0.3) is 0 Å². The lowest BCUT2D eigenvalue weighted by atomic mass is 10.4. The Kier molecular flexibility index (Phi) is 21.6. The van der Waals surface area contributed by atoms with E-state index in [9.17, 15) is 0 Å². The van der Waals surface area contributed by atoms with E-state index in [0.717, 1.165) is 78.4 Å². The van der Waals surface area contributed by atoms with Crippen LogP contribution >= 0.6 is 0 Å². The summed E-state index contributed by atoms with van der Waals surface area (Å²) in [6.07, 6.45) is 6.60. The maximum Gasteiger partial charge on any atom is 0.0607 e. The van der Waals surface area contributed by atoms with Gasteiger partial charge in [0, 0.05) is 52.7 Å². The number of hydrogen-bond donors (Lipinski definition) is 0. The summed E-state index contributed by atoms with van der Waals surface area (Å²) >= 11 is 0. The average Bonchev–Trinajstić information content (AvgIpc) is 2.57. The number of ether oxygens (including phenoxy) is 4. The van der Waals surface area contributed by atoms with Crippen molar-refractivity contribution >= 4 is 0 Å². The molecule has 0 aromatic heterocycles. The summed E-state index contributed by atoms with van der Waals surface area (Å²) in [5.74, 6) is 0. The molecule has 0 unspecified atom stereocenters. The van der Waals surface area contributed by atoms with Crippen molar-refractivity contribution < 1.29 is 18.9 Å². The Labute approximate surface area is 143 Å². The Bertz CT molecular complexity index is 185. The molecule has 5 nitrogen and oxygen atoms in total. The zero-order valence-corrected chi connectivity index (χ0v) is 15.4. The maximum absolute atomic E-state index is 5.50. The molecule has 139 valence electrons. The monoisotopic (exact) mass is 332 g/mol. The normalized spacial score (nSPS) is 11.2. The van der Waals surface area contributed by atoms with Crippen LogP contribution in [-0.2, 0) is 18.9 Å². The van der Waals surface area contributed by atoms with Gasteiger partial charge in [0.25, 0.3) is 0 Å². The summed E-state index contributed by atoms with van der Waals surface area (Å²) in [6.45, 7) is 12.1. The molecule has 0 N–H and O–H groups in total. The van der Waals surface area contributed by atoms with Crippen LogP contribution in [-0.4, -0.2) is 65.9 Å². The summed E-state index contributed by atoms with van der Waals surface area (Å²) in [6, 6.07) is 0. The highest BCUT2D eigenvalue weighted by Gasteiger charge is 1.94. The lowest BCUT2D eigenvalue weighted by Crippen LogP contribution is -2.18. The standard InChI is InChI=1S/C18H38NO4/c1-3-5-11-20-13-7-15-22-17-9-19-10-18-23-16-8-14-21-12-6-4-2/h3-18H2,1-2H3. The Morgan fingerprint density at radius 1 is 0.478 bits per heavy atom. The molecule has 0 aliphatic carbocycles. The second kappa shape index (κ2) is 21.8. The molecule has 0 fully saturated rings. The first-order chi connectivity index (χ1) is 11.4. The van der Waals surface area contributed by atoms with Crippen LogP contribution < -0.4 is 5.32 Å². The predicted molar refractivity (Wildman–Crippen MR) is 94.2 cm³/mol. The van der Waals surface area contributed by atoms with E-state index in [-0.39, 0.29) is 0 Å². The van der Waals surface area contributed by atoms with E-state index < -0.39 is 0 Å². The van der Waals surface area contributed by atoms with Crippen molar-refractivity contribution in [3.8, 4) is 0 Å². The third-order valence-corrected chi connectivity index (χ3v) is 3.23. The molecule has 0 saturated carbocycles. The Balaban J connectivity index is 2.92. The van der Waals surface area contributed by atoms with E-state index in [1.807, 2.05) is 0 Å². The summed E-state index contributed by atoms with van der Waals surface area (Å²) < 4.78 is 21.9. The minimum Gasteiger partial charge on any atom is -0.381 e. The zero-order valence-electron chi connectivity index (χ0n) is 15.4. The topological polar surface area (TPSA) is 51.0 Å². The van der Waals surface area contributed by atoms with Crippen LogP contribution in [0.5, 0.6) is 0 Å². The SMILES string of the molecule is CCCCOCCCOCC[N]CCOCCCOCCCC. The van der Waals surface area contributed by atoms with Crippen LogP contribution in [0.4, 0.5) is 0 Å². The minimum atomic E-state index is 0.695. The largest absolute Gasteiger partial charge is 0.381 e. The van der Waals surface area contributed by atoms with Crippen molar-refractivity contribution in [3.05, 3.63) is 0 Å². The van der Waals surface area contributed by atoms with Gasteiger partial charge in [-0.05, 0) is 25.7 Å². The Morgan fingerprint density at radius 3 is 1.22 bits per heavy atom. The highest BCUT2D eigenvalue weighted by molar-refractivity contribution is 4.45. The number of unbranched alkanes of at least 4 members (excludes halogenated alkanes) is 2. The van der Waals surface area contributed by atoms with E-state index >= 15 is 0 Å². The van der Waals surface area contributed by atoms with Crippen LogP contribution in [0.2, 0.25) is 0 Å². The van der Waals surface area contributed by atoms with Gasteiger partial charge >= 0.3 is 0 Å². The van der Waals surface area contributed by atoms with Gasteiger partial charge in [0.2, 0.25) is 0 Å². The van der Waals surface area contributed by atoms with E-state index in [4.69, 9.17) is 18.9 Å². The van der Waals surface area contributed by atoms with Gasteiger partial charge in [0.15, 0.2) is 0 Å². The number of nitrogens with zero attached hydrogens (tertiary/aromatic N) is 1. The zero-order chi connectivity index (χ0) is 16.8. The van der Waals surface area contributed by atoms with E-state index in [1.54, 1.807) is 0 Å². The van der Waals surface area contributed by atoms with Crippen molar-refractivity contribution in [2.45, 2.75) is 52.4 Å². The molecule has 0 aliphatic heterocycles. The molecule has 0 aliphatic rings. The molecule has 1 radical (unpaired) electrons. The summed E-state index contributed by atoms with van der Waals surface area (Å²) in [5.41, 5.74) is 0. The smallest absolute Gasteiger partial charge is 0.0607 e. The summed E-state index contributed by atoms with van der Waals surface area (Å²) in [5, 5.41) is 4.38. The third kappa shape index (κ3) is 21.8. The van der Waals surface area contributed by atoms with E-state index in [2.05, 4.69) is 19.2 Å². The molecule has 0 heterocycles. The van der Waals surface area contributed by atoms with Crippen LogP contribution in [0, 0.1) is 0 Å². The Hall–Kier alpha value is -0.200. The Morgan fingerprint density at radius 2 is 0.826 bits per heavy atom. The molecular weight excluding hydrogens is 294 g/mol. The molecule has 0 aromatic rings. The first-order valence-corrected chi connectivity index (χ1v) is 9.36. The fourth-order valence-electron chi connectivity index (χ4n) is 1.80. The fraction of sp³-hybridized carbons (Fsp3) is 1.00. The van der Waals surface area contributed by atoms with Gasteiger partial charge in [0.1, 0.15) is 0 Å². The minimum absolute atomic E-state index is 0.695. The van der Waals surface area contributed by atoms with Gasteiger partial charge in [-0.3, -0.25) is 0 Å². The molecular formula is C18H38NO4. The molecule has 0 atom stereocenters. The quantitative estimate of drug-likeness (QED) is 0.322. The lowest BCUT2D eigenvalue weighted by Gasteiger charge is -2.07. The fourth-order valence-corrected chi connectivity index (χ4v) is 1.80. The predicted octanol–water partition coefficient (Wildman–Crippen LogP) is 3.04. The van der Waals surface area contributed by atoms with Gasteiger partial charge < -0.3 is 18.9 Å². The van der Waals surface area contributed by atoms with E-state index in [0.29, 0.717) is 13.2 Å². The first-order valence-electron chi connectivity index (χ1n) is 9.36. The van der Waals surface area contributed by atoms with Crippen molar-refractivity contribution in [3.63, 3.8) is 0 Å². The number of hydrogen-bond acceptors (Lipinski definition) is 4. The molecule has 5 heteroatoms. The van der Waals surface area contributed by atoms with Crippen LogP contribution in [0.1, 0.15) is 52.4 Å². The highest BCUT2D eigenvalue weighted by atomic mass is 16.5. The van der Waals surface area contributed by atoms with Crippen molar-refractivity contribution in [1.82, 2.24) is 5.32 Å². The van der Waals surface area contributed by atoms with Crippen LogP contribution in [0.3, 0.4) is 0 Å². The van der Waals surface area contributed by atoms with Gasteiger partial charge in [-0.25, -0.2) is 5.32 Å². The maximum atomic E-state index is 5.50. The average molecular weight is 333 g/mol. The van der Waals surface area contributed by atoms with Gasteiger partial charge in [-0.1, -0.05) is 26.7 Å². The number of rotatable bonds is 20. The second-order valence-electron chi connectivity index (χ2n) is 5.53. The van der Waals surface area contributed by atoms with Gasteiger partial charge in [0.05, 0.1) is 13.2 Å². The van der Waals surface area contributed by atoms with Gasteiger partial charge in [-0.2, -0.15) is 0 Å². The molecule has 0 rings (SSSR count). The highest BCUT2D eigenvalue weighted by Crippen LogP contribution is 1.91. The molecule has 0 amide bonds. The van der Waals surface area contributed by atoms with Crippen LogP contribution in [0.15, 0.2) is 0 Å². The second-order valence-corrected chi connectivity index (χ2v) is 5.53. The third-order valence-electron chi connectivity index (χ3n) is 3.23.